The van der Waals surface area contributed by atoms with Crippen LogP contribution in [0, 0.1) is 6.92 Å². The Morgan fingerprint density at radius 1 is 1.13 bits per heavy atom. The summed E-state index contributed by atoms with van der Waals surface area (Å²) in [4.78, 5) is 27.3. The first-order valence-corrected chi connectivity index (χ1v) is 8.10. The van der Waals surface area contributed by atoms with Crippen molar-refractivity contribution in [2.45, 2.75) is 20.3 Å². The van der Waals surface area contributed by atoms with Gasteiger partial charge in [-0.25, -0.2) is 4.79 Å². The molecule has 2 amide bonds. The first-order valence-electron chi connectivity index (χ1n) is 8.10. The molecule has 6 nitrogen and oxygen atoms in total. The highest BCUT2D eigenvalue weighted by atomic mass is 16.6. The van der Waals surface area contributed by atoms with E-state index in [4.69, 9.17) is 4.74 Å². The summed E-state index contributed by atoms with van der Waals surface area (Å²) < 4.78 is 4.98. The number of amides is 2. The molecule has 2 rings (SSSR count). The van der Waals surface area contributed by atoms with Gasteiger partial charge < -0.3 is 19.9 Å². The fraction of sp³-hybridized carbons (Fsp3) is 0.529. The number of nitrogens with zero attached hydrogens (tertiary/aromatic N) is 2. The molecule has 0 aliphatic carbocycles. The van der Waals surface area contributed by atoms with Crippen molar-refractivity contribution in [3.05, 3.63) is 29.8 Å². The summed E-state index contributed by atoms with van der Waals surface area (Å²) in [7, 11) is 0. The number of para-hydroxylation sites is 1. The fourth-order valence-electron chi connectivity index (χ4n) is 2.59. The number of benzene rings is 1. The van der Waals surface area contributed by atoms with Crippen molar-refractivity contribution in [3.63, 3.8) is 0 Å². The monoisotopic (exact) mass is 319 g/mol. The average Bonchev–Trinajstić information content (AvgIpc) is 2.57. The Morgan fingerprint density at radius 3 is 2.43 bits per heavy atom. The molecule has 1 aliphatic rings. The van der Waals surface area contributed by atoms with Crippen LogP contribution in [0.4, 0.5) is 10.5 Å². The molecule has 0 aromatic heterocycles. The third-order valence-corrected chi connectivity index (χ3v) is 3.96. The lowest BCUT2D eigenvalue weighted by Gasteiger charge is -2.34. The third kappa shape index (κ3) is 4.87. The maximum atomic E-state index is 12.2. The van der Waals surface area contributed by atoms with Gasteiger partial charge in [-0.1, -0.05) is 18.2 Å². The second-order valence-corrected chi connectivity index (χ2v) is 5.56. The van der Waals surface area contributed by atoms with E-state index in [0.717, 1.165) is 5.69 Å². The molecule has 23 heavy (non-hydrogen) atoms. The lowest BCUT2D eigenvalue weighted by molar-refractivity contribution is -0.132. The zero-order valence-electron chi connectivity index (χ0n) is 13.9. The van der Waals surface area contributed by atoms with Crippen molar-refractivity contribution in [2.24, 2.45) is 0 Å². The van der Waals surface area contributed by atoms with Gasteiger partial charge in [0.15, 0.2) is 0 Å². The standard InChI is InChI=1S/C17H25N3O3/c1-3-23-17(22)20-12-10-19(11-13-20)16(21)8-9-18-15-7-5-4-6-14(15)2/h4-7,18H,3,8-13H2,1-2H3. The Hall–Kier alpha value is -2.24. The van der Waals surface area contributed by atoms with Gasteiger partial charge in [0, 0.05) is 44.8 Å². The van der Waals surface area contributed by atoms with Gasteiger partial charge in [-0.3, -0.25) is 4.79 Å². The van der Waals surface area contributed by atoms with E-state index >= 15 is 0 Å². The minimum absolute atomic E-state index is 0.120. The van der Waals surface area contributed by atoms with Crippen LogP contribution < -0.4 is 5.32 Å². The Labute approximate surface area is 137 Å². The average molecular weight is 319 g/mol. The minimum Gasteiger partial charge on any atom is -0.450 e. The van der Waals surface area contributed by atoms with E-state index in [9.17, 15) is 9.59 Å². The quantitative estimate of drug-likeness (QED) is 0.903. The highest BCUT2D eigenvalue weighted by Crippen LogP contribution is 2.13. The number of carbonyl (C=O) groups is 2. The number of ether oxygens (including phenoxy) is 1. The molecule has 0 unspecified atom stereocenters. The minimum atomic E-state index is -0.291. The van der Waals surface area contributed by atoms with Gasteiger partial charge >= 0.3 is 6.09 Å². The van der Waals surface area contributed by atoms with Crippen molar-refractivity contribution in [2.75, 3.05) is 44.6 Å². The van der Waals surface area contributed by atoms with Crippen LogP contribution in [-0.4, -0.2) is 61.1 Å². The van der Waals surface area contributed by atoms with Crippen molar-refractivity contribution in [1.82, 2.24) is 9.80 Å². The molecule has 1 aromatic carbocycles. The van der Waals surface area contributed by atoms with Gasteiger partial charge in [0.05, 0.1) is 6.61 Å². The predicted octanol–water partition coefficient (Wildman–Crippen LogP) is 2.10. The van der Waals surface area contributed by atoms with E-state index in [0.29, 0.717) is 45.8 Å². The molecule has 0 saturated carbocycles. The van der Waals surface area contributed by atoms with Gasteiger partial charge in [-0.15, -0.1) is 0 Å². The van der Waals surface area contributed by atoms with E-state index in [2.05, 4.69) is 5.32 Å². The summed E-state index contributed by atoms with van der Waals surface area (Å²) >= 11 is 0. The SMILES string of the molecule is CCOC(=O)N1CCN(C(=O)CCNc2ccccc2C)CC1. The molecule has 0 radical (unpaired) electrons. The molecule has 1 aliphatic heterocycles. The summed E-state index contributed by atoms with van der Waals surface area (Å²) in [6.45, 7) is 7.04. The Bertz CT molecular complexity index is 540. The molecular weight excluding hydrogens is 294 g/mol. The zero-order valence-corrected chi connectivity index (χ0v) is 13.9. The van der Waals surface area contributed by atoms with E-state index in [1.165, 1.54) is 5.56 Å². The molecule has 1 fully saturated rings. The molecule has 0 bridgehead atoms. The van der Waals surface area contributed by atoms with Gasteiger partial charge in [-0.2, -0.15) is 0 Å². The first kappa shape index (κ1) is 17.1. The summed E-state index contributed by atoms with van der Waals surface area (Å²) in [6.07, 6.45) is 0.161. The zero-order chi connectivity index (χ0) is 16.7. The van der Waals surface area contributed by atoms with E-state index in [1.807, 2.05) is 36.1 Å². The van der Waals surface area contributed by atoms with E-state index in [1.54, 1.807) is 11.8 Å². The number of carbonyl (C=O) groups excluding carboxylic acids is 2. The van der Waals surface area contributed by atoms with Crippen LogP contribution in [0.2, 0.25) is 0 Å². The molecule has 0 atom stereocenters. The number of piperazine rings is 1. The van der Waals surface area contributed by atoms with Crippen molar-refractivity contribution in [1.29, 1.82) is 0 Å². The van der Waals surface area contributed by atoms with Gasteiger partial charge in [-0.05, 0) is 25.5 Å². The maximum Gasteiger partial charge on any atom is 0.409 e. The van der Waals surface area contributed by atoms with Crippen LogP contribution in [0.5, 0.6) is 0 Å². The predicted molar refractivity (Wildman–Crippen MR) is 89.5 cm³/mol. The highest BCUT2D eigenvalue weighted by molar-refractivity contribution is 5.77. The molecule has 1 N–H and O–H groups in total. The highest BCUT2D eigenvalue weighted by Gasteiger charge is 2.24. The maximum absolute atomic E-state index is 12.2. The second kappa shape index (κ2) is 8.41. The van der Waals surface area contributed by atoms with Gasteiger partial charge in [0.2, 0.25) is 5.91 Å². The van der Waals surface area contributed by atoms with Crippen LogP contribution in [-0.2, 0) is 9.53 Å². The summed E-state index contributed by atoms with van der Waals surface area (Å²) in [6, 6.07) is 8.02. The topological polar surface area (TPSA) is 61.9 Å². The number of rotatable bonds is 5. The van der Waals surface area contributed by atoms with Crippen LogP contribution in [0.3, 0.4) is 0 Å². The fourth-order valence-corrected chi connectivity index (χ4v) is 2.59. The lowest BCUT2D eigenvalue weighted by atomic mass is 10.2. The largest absolute Gasteiger partial charge is 0.450 e. The number of hydrogen-bond donors (Lipinski definition) is 1. The van der Waals surface area contributed by atoms with Crippen LogP contribution >= 0.6 is 0 Å². The lowest BCUT2D eigenvalue weighted by Crippen LogP contribution is -2.50. The molecule has 1 aromatic rings. The number of hydrogen-bond acceptors (Lipinski definition) is 4. The van der Waals surface area contributed by atoms with Crippen LogP contribution in [0.25, 0.3) is 0 Å². The molecule has 1 saturated heterocycles. The molecule has 126 valence electrons. The first-order chi connectivity index (χ1) is 11.1. The van der Waals surface area contributed by atoms with Crippen LogP contribution in [0.1, 0.15) is 18.9 Å². The second-order valence-electron chi connectivity index (χ2n) is 5.56. The van der Waals surface area contributed by atoms with E-state index < -0.39 is 0 Å². The third-order valence-electron chi connectivity index (χ3n) is 3.96. The summed E-state index contributed by atoms with van der Waals surface area (Å²) in [5.41, 5.74) is 2.23. The van der Waals surface area contributed by atoms with E-state index in [-0.39, 0.29) is 12.0 Å². The Balaban J connectivity index is 1.71. The molecule has 1 heterocycles. The van der Waals surface area contributed by atoms with Crippen molar-refractivity contribution < 1.29 is 14.3 Å². The Kier molecular flexibility index (Phi) is 6.26. The van der Waals surface area contributed by atoms with Crippen LogP contribution in [0.15, 0.2) is 24.3 Å². The number of aryl methyl sites for hydroxylation is 1. The summed E-state index contributed by atoms with van der Waals surface area (Å²) in [5.74, 6) is 0.120. The Morgan fingerprint density at radius 2 is 1.78 bits per heavy atom. The van der Waals surface area contributed by atoms with Gasteiger partial charge in [0.1, 0.15) is 0 Å². The number of nitrogens with one attached hydrogen (secondary N) is 1. The summed E-state index contributed by atoms with van der Waals surface area (Å²) in [5, 5.41) is 3.29. The molecular formula is C17H25N3O3. The molecule has 0 spiro atoms. The molecule has 6 heteroatoms. The smallest absolute Gasteiger partial charge is 0.409 e. The van der Waals surface area contributed by atoms with Crippen molar-refractivity contribution >= 4 is 17.7 Å². The van der Waals surface area contributed by atoms with Gasteiger partial charge in [0.25, 0.3) is 0 Å². The van der Waals surface area contributed by atoms with Crippen molar-refractivity contribution in [3.8, 4) is 0 Å². The number of anilines is 1. The normalized spacial score (nSPS) is 14.5.